The molecule has 114 valence electrons. The summed E-state index contributed by atoms with van der Waals surface area (Å²) in [5.41, 5.74) is 4.83. The number of rotatable bonds is 10. The molecule has 0 atom stereocenters. The van der Waals surface area contributed by atoms with Crippen LogP contribution in [0.4, 0.5) is 4.79 Å². The Hall–Kier alpha value is -2.16. The molecule has 0 aliphatic carbocycles. The van der Waals surface area contributed by atoms with Crippen molar-refractivity contribution in [3.8, 4) is 0 Å². The Balaban J connectivity index is 3.52. The van der Waals surface area contributed by atoms with Crippen LogP contribution in [-0.4, -0.2) is 48.7 Å². The number of aliphatic carboxylic acids is 1. The average Bonchev–Trinajstić information content (AvgIpc) is 2.33. The molecule has 0 aliphatic heterocycles. The van der Waals surface area contributed by atoms with Crippen molar-refractivity contribution < 1.29 is 29.0 Å². The van der Waals surface area contributed by atoms with Crippen molar-refractivity contribution in [1.29, 1.82) is 0 Å². The third-order valence-electron chi connectivity index (χ3n) is 2.07. The largest absolute Gasteiger partial charge is 0.481 e. The molecule has 0 aromatic carbocycles. The fraction of sp³-hybridized carbons (Fsp3) is 0.636. The van der Waals surface area contributed by atoms with Gasteiger partial charge >= 0.3 is 12.0 Å². The quantitative estimate of drug-likeness (QED) is 0.377. The lowest BCUT2D eigenvalue weighted by Crippen LogP contribution is -2.40. The number of ether oxygens (including phenoxy) is 1. The number of unbranched alkanes of at least 4 members (excludes halogenated alkanes) is 1. The zero-order valence-electron chi connectivity index (χ0n) is 11.0. The third kappa shape index (κ3) is 12.3. The minimum absolute atomic E-state index is 0.00330. The normalized spacial score (nSPS) is 9.80. The van der Waals surface area contributed by atoms with Crippen molar-refractivity contribution in [2.45, 2.75) is 25.7 Å². The van der Waals surface area contributed by atoms with Gasteiger partial charge in [-0.15, -0.1) is 0 Å². The van der Waals surface area contributed by atoms with Gasteiger partial charge in [0.25, 0.3) is 0 Å². The highest BCUT2D eigenvalue weighted by Crippen LogP contribution is 1.99. The predicted molar refractivity (Wildman–Crippen MR) is 67.7 cm³/mol. The highest BCUT2D eigenvalue weighted by Gasteiger charge is 2.07. The zero-order chi connectivity index (χ0) is 15.4. The van der Waals surface area contributed by atoms with E-state index < -0.39 is 23.8 Å². The van der Waals surface area contributed by atoms with E-state index in [4.69, 9.17) is 15.6 Å². The minimum atomic E-state index is -0.917. The van der Waals surface area contributed by atoms with E-state index in [1.54, 1.807) is 0 Å². The average molecular weight is 289 g/mol. The first-order valence-electron chi connectivity index (χ1n) is 6.07. The SMILES string of the molecule is NC(=O)COCCNC(=O)NC(=O)CCCCC(=O)O. The van der Waals surface area contributed by atoms with E-state index in [-0.39, 0.29) is 32.6 Å². The summed E-state index contributed by atoms with van der Waals surface area (Å²) < 4.78 is 4.79. The molecule has 0 saturated carbocycles. The summed E-state index contributed by atoms with van der Waals surface area (Å²) in [5, 5.41) is 12.8. The van der Waals surface area contributed by atoms with Gasteiger partial charge < -0.3 is 20.9 Å². The number of nitrogens with two attached hydrogens (primary N) is 1. The van der Waals surface area contributed by atoms with Gasteiger partial charge in [-0.25, -0.2) is 4.79 Å². The number of hydrogen-bond donors (Lipinski definition) is 4. The predicted octanol–water partition coefficient (Wildman–Crippen LogP) is -1.04. The Labute approximate surface area is 115 Å². The first-order chi connectivity index (χ1) is 9.41. The second-order valence-corrected chi connectivity index (χ2v) is 3.92. The van der Waals surface area contributed by atoms with Gasteiger partial charge in [0.05, 0.1) is 6.61 Å². The molecule has 9 heteroatoms. The Morgan fingerprint density at radius 2 is 1.75 bits per heavy atom. The van der Waals surface area contributed by atoms with Crippen LogP contribution >= 0.6 is 0 Å². The van der Waals surface area contributed by atoms with E-state index >= 15 is 0 Å². The lowest BCUT2D eigenvalue weighted by molar-refractivity contribution is -0.137. The molecule has 9 nitrogen and oxygen atoms in total. The van der Waals surface area contributed by atoms with Crippen LogP contribution in [0.3, 0.4) is 0 Å². The molecule has 4 amide bonds. The van der Waals surface area contributed by atoms with Crippen molar-refractivity contribution in [2.75, 3.05) is 19.8 Å². The fourth-order valence-corrected chi connectivity index (χ4v) is 1.20. The molecule has 0 aliphatic rings. The van der Waals surface area contributed by atoms with Gasteiger partial charge in [0.15, 0.2) is 0 Å². The molecule has 0 radical (unpaired) electrons. The second-order valence-electron chi connectivity index (χ2n) is 3.92. The summed E-state index contributed by atoms with van der Waals surface area (Å²) in [4.78, 5) is 43.0. The number of primary amides is 1. The lowest BCUT2D eigenvalue weighted by atomic mass is 10.2. The number of carbonyl (C=O) groups excluding carboxylic acids is 3. The van der Waals surface area contributed by atoms with Crippen molar-refractivity contribution in [1.82, 2.24) is 10.6 Å². The Morgan fingerprint density at radius 3 is 2.35 bits per heavy atom. The summed E-state index contributed by atoms with van der Waals surface area (Å²) in [6.07, 6.45) is 0.855. The van der Waals surface area contributed by atoms with Crippen molar-refractivity contribution in [2.24, 2.45) is 5.73 Å². The lowest BCUT2D eigenvalue weighted by Gasteiger charge is -2.06. The Bertz CT molecular complexity index is 358. The van der Waals surface area contributed by atoms with Gasteiger partial charge in [-0.3, -0.25) is 19.7 Å². The van der Waals surface area contributed by atoms with Gasteiger partial charge in [0, 0.05) is 19.4 Å². The minimum Gasteiger partial charge on any atom is -0.481 e. The molecule has 20 heavy (non-hydrogen) atoms. The molecule has 0 rings (SSSR count). The molecule has 0 saturated heterocycles. The number of carboxylic acids is 1. The van der Waals surface area contributed by atoms with E-state index in [1.165, 1.54) is 0 Å². The van der Waals surface area contributed by atoms with E-state index in [9.17, 15) is 19.2 Å². The van der Waals surface area contributed by atoms with Crippen molar-refractivity contribution >= 4 is 23.8 Å². The summed E-state index contributed by atoms with van der Waals surface area (Å²) in [7, 11) is 0. The van der Waals surface area contributed by atoms with Crippen LogP contribution in [0.2, 0.25) is 0 Å². The number of urea groups is 1. The number of carbonyl (C=O) groups is 4. The van der Waals surface area contributed by atoms with Crippen LogP contribution in [0.25, 0.3) is 0 Å². The number of hydrogen-bond acceptors (Lipinski definition) is 5. The van der Waals surface area contributed by atoms with Crippen LogP contribution in [0, 0.1) is 0 Å². The van der Waals surface area contributed by atoms with E-state index in [2.05, 4.69) is 10.6 Å². The Morgan fingerprint density at radius 1 is 1.10 bits per heavy atom. The number of amides is 4. The third-order valence-corrected chi connectivity index (χ3v) is 2.07. The first kappa shape index (κ1) is 17.8. The van der Waals surface area contributed by atoms with Gasteiger partial charge in [-0.05, 0) is 12.8 Å². The van der Waals surface area contributed by atoms with Gasteiger partial charge in [-0.2, -0.15) is 0 Å². The number of nitrogens with one attached hydrogen (secondary N) is 2. The second kappa shape index (κ2) is 10.7. The standard InChI is InChI=1S/C11H19N3O6/c12-8(15)7-20-6-5-13-11(19)14-9(16)3-1-2-4-10(17)18/h1-7H2,(H2,12,15)(H,17,18)(H2,13,14,16,19). The maximum Gasteiger partial charge on any atom is 0.321 e. The van der Waals surface area contributed by atoms with Crippen LogP contribution in [0.1, 0.15) is 25.7 Å². The van der Waals surface area contributed by atoms with Crippen LogP contribution in [-0.2, 0) is 19.1 Å². The van der Waals surface area contributed by atoms with Crippen LogP contribution < -0.4 is 16.4 Å². The summed E-state index contributed by atoms with van der Waals surface area (Å²) in [6.45, 7) is 0.000374. The Kier molecular flexibility index (Phi) is 9.57. The molecule has 0 aromatic heterocycles. The van der Waals surface area contributed by atoms with Gasteiger partial charge in [0.1, 0.15) is 6.61 Å². The van der Waals surface area contributed by atoms with E-state index in [0.29, 0.717) is 12.8 Å². The smallest absolute Gasteiger partial charge is 0.321 e. The number of carboxylic acid groups (broad SMARTS) is 1. The highest BCUT2D eigenvalue weighted by atomic mass is 16.5. The molecule has 0 heterocycles. The maximum atomic E-state index is 11.3. The van der Waals surface area contributed by atoms with E-state index in [0.717, 1.165) is 0 Å². The summed E-state index contributed by atoms with van der Waals surface area (Å²) >= 11 is 0. The molecule has 0 unspecified atom stereocenters. The summed E-state index contributed by atoms with van der Waals surface area (Å²) in [6, 6.07) is -0.670. The fourth-order valence-electron chi connectivity index (χ4n) is 1.20. The molecule has 0 spiro atoms. The monoisotopic (exact) mass is 289 g/mol. The molecular formula is C11H19N3O6. The van der Waals surface area contributed by atoms with Crippen molar-refractivity contribution in [3.63, 3.8) is 0 Å². The number of imide groups is 1. The maximum absolute atomic E-state index is 11.3. The molecular weight excluding hydrogens is 270 g/mol. The van der Waals surface area contributed by atoms with Gasteiger partial charge in [0.2, 0.25) is 11.8 Å². The molecule has 0 bridgehead atoms. The van der Waals surface area contributed by atoms with Crippen molar-refractivity contribution in [3.05, 3.63) is 0 Å². The van der Waals surface area contributed by atoms with E-state index in [1.807, 2.05) is 0 Å². The molecule has 0 fully saturated rings. The molecule has 5 N–H and O–H groups in total. The topological polar surface area (TPSA) is 148 Å². The zero-order valence-corrected chi connectivity index (χ0v) is 11.0. The van der Waals surface area contributed by atoms with Crippen LogP contribution in [0.15, 0.2) is 0 Å². The highest BCUT2D eigenvalue weighted by molar-refractivity contribution is 5.94. The summed E-state index contributed by atoms with van der Waals surface area (Å²) in [5.74, 6) is -2.00. The van der Waals surface area contributed by atoms with Crippen LogP contribution in [0.5, 0.6) is 0 Å². The first-order valence-corrected chi connectivity index (χ1v) is 6.07. The van der Waals surface area contributed by atoms with Gasteiger partial charge in [-0.1, -0.05) is 0 Å². The molecule has 0 aromatic rings.